The highest BCUT2D eigenvalue weighted by molar-refractivity contribution is 6.00. The van der Waals surface area contributed by atoms with Gasteiger partial charge in [0.25, 0.3) is 0 Å². The molecular formula is C27H30F3N5O3. The van der Waals surface area contributed by atoms with Crippen molar-refractivity contribution >= 4 is 34.4 Å². The van der Waals surface area contributed by atoms with Crippen LogP contribution in [0, 0.1) is 0 Å². The second-order valence-corrected chi connectivity index (χ2v) is 10.7. The second kappa shape index (κ2) is 9.21. The minimum absolute atomic E-state index is 0.0187. The number of piperazine rings is 1. The second-order valence-electron chi connectivity index (χ2n) is 10.7. The third-order valence-corrected chi connectivity index (χ3v) is 6.97. The third kappa shape index (κ3) is 4.89. The fourth-order valence-electron chi connectivity index (χ4n) is 5.09. The SMILES string of the molecule is Cn1c2c(c3ccc(N4CCN(c5ccc(C(F)(F)F)cn5)CC4=O)cc31)CN(C(=O)OC(C)(C)C)CC2. The standard InChI is InChI=1S/C27H30F3N5O3/c1-26(2,3)38-25(37)34-10-9-21-20(15-34)19-7-6-18(13-22(19)32(21)4)35-12-11-33(16-24(35)36)23-8-5-17(14-31-23)27(28,29)30/h5-8,13-14H,9-12,15-16H2,1-4H3. The molecule has 38 heavy (non-hydrogen) atoms. The zero-order valence-electron chi connectivity index (χ0n) is 21.8. The van der Waals surface area contributed by atoms with Gasteiger partial charge >= 0.3 is 12.3 Å². The van der Waals surface area contributed by atoms with Crippen molar-refractivity contribution in [3.05, 3.63) is 53.3 Å². The molecule has 5 rings (SSSR count). The van der Waals surface area contributed by atoms with E-state index in [9.17, 15) is 22.8 Å². The van der Waals surface area contributed by atoms with Gasteiger partial charge in [-0.05, 0) is 45.0 Å². The van der Waals surface area contributed by atoms with Gasteiger partial charge in [-0.25, -0.2) is 9.78 Å². The fraction of sp³-hybridized carbons (Fsp3) is 0.444. The van der Waals surface area contributed by atoms with Crippen LogP contribution in [0.3, 0.4) is 0 Å². The number of anilines is 2. The highest BCUT2D eigenvalue weighted by Crippen LogP contribution is 2.34. The molecule has 11 heteroatoms. The molecule has 1 fully saturated rings. The Bertz CT molecular complexity index is 1390. The summed E-state index contributed by atoms with van der Waals surface area (Å²) >= 11 is 0. The number of hydrogen-bond donors (Lipinski definition) is 0. The first-order valence-electron chi connectivity index (χ1n) is 12.5. The molecule has 1 saturated heterocycles. The zero-order valence-corrected chi connectivity index (χ0v) is 21.8. The molecule has 0 aliphatic carbocycles. The Morgan fingerprint density at radius 2 is 1.79 bits per heavy atom. The maximum atomic E-state index is 13.1. The monoisotopic (exact) mass is 529 g/mol. The minimum Gasteiger partial charge on any atom is -0.444 e. The lowest BCUT2D eigenvalue weighted by atomic mass is 10.0. The first kappa shape index (κ1) is 25.9. The summed E-state index contributed by atoms with van der Waals surface area (Å²) in [6.45, 7) is 7.41. The largest absolute Gasteiger partial charge is 0.444 e. The van der Waals surface area contributed by atoms with Crippen molar-refractivity contribution < 1.29 is 27.5 Å². The predicted octanol–water partition coefficient (Wildman–Crippen LogP) is 4.74. The Kier molecular flexibility index (Phi) is 6.27. The molecular weight excluding hydrogens is 499 g/mol. The van der Waals surface area contributed by atoms with E-state index in [1.807, 2.05) is 46.0 Å². The number of nitrogens with zero attached hydrogens (tertiary/aromatic N) is 5. The van der Waals surface area contributed by atoms with Crippen LogP contribution >= 0.6 is 0 Å². The molecule has 0 saturated carbocycles. The van der Waals surface area contributed by atoms with Gasteiger partial charge in [0.1, 0.15) is 11.4 Å². The van der Waals surface area contributed by atoms with Crippen LogP contribution in [-0.4, -0.2) is 58.2 Å². The van der Waals surface area contributed by atoms with E-state index >= 15 is 0 Å². The number of rotatable bonds is 2. The van der Waals surface area contributed by atoms with Crippen molar-refractivity contribution in [2.24, 2.45) is 7.05 Å². The van der Waals surface area contributed by atoms with E-state index in [1.54, 1.807) is 14.7 Å². The van der Waals surface area contributed by atoms with Crippen LogP contribution in [0.15, 0.2) is 36.5 Å². The van der Waals surface area contributed by atoms with Crippen LogP contribution in [0.2, 0.25) is 0 Å². The lowest BCUT2D eigenvalue weighted by Gasteiger charge is -2.35. The van der Waals surface area contributed by atoms with Crippen LogP contribution in [0.25, 0.3) is 10.9 Å². The van der Waals surface area contributed by atoms with Gasteiger partial charge < -0.3 is 24.0 Å². The van der Waals surface area contributed by atoms with Crippen molar-refractivity contribution in [3.63, 3.8) is 0 Å². The molecule has 2 aliphatic heterocycles. The number of pyridine rings is 1. The van der Waals surface area contributed by atoms with Gasteiger partial charge in [0.2, 0.25) is 5.91 Å². The predicted molar refractivity (Wildman–Crippen MR) is 137 cm³/mol. The van der Waals surface area contributed by atoms with Crippen LogP contribution in [0.5, 0.6) is 0 Å². The Hall–Kier alpha value is -3.76. The van der Waals surface area contributed by atoms with E-state index in [0.717, 1.165) is 40.1 Å². The number of carbonyl (C=O) groups is 2. The highest BCUT2D eigenvalue weighted by atomic mass is 19.4. The van der Waals surface area contributed by atoms with E-state index in [1.165, 1.54) is 6.07 Å². The zero-order chi connectivity index (χ0) is 27.4. The molecule has 2 aromatic heterocycles. The molecule has 0 unspecified atom stereocenters. The van der Waals surface area contributed by atoms with Crippen LogP contribution < -0.4 is 9.80 Å². The quantitative estimate of drug-likeness (QED) is 0.480. The first-order valence-corrected chi connectivity index (χ1v) is 12.5. The molecule has 0 radical (unpaired) electrons. The number of hydrogen-bond acceptors (Lipinski definition) is 5. The van der Waals surface area contributed by atoms with E-state index in [-0.39, 0.29) is 18.5 Å². The van der Waals surface area contributed by atoms with Gasteiger partial charge in [-0.1, -0.05) is 6.07 Å². The molecule has 1 aromatic carbocycles. The number of carbonyl (C=O) groups excluding carboxylic acids is 2. The van der Waals surface area contributed by atoms with Gasteiger partial charge in [0.15, 0.2) is 0 Å². The molecule has 8 nitrogen and oxygen atoms in total. The van der Waals surface area contributed by atoms with Gasteiger partial charge in [0, 0.05) is 61.6 Å². The lowest BCUT2D eigenvalue weighted by molar-refractivity contribution is -0.137. The summed E-state index contributed by atoms with van der Waals surface area (Å²) in [5.74, 6) is 0.179. The molecule has 4 heterocycles. The van der Waals surface area contributed by atoms with Gasteiger partial charge in [-0.15, -0.1) is 0 Å². The number of aryl methyl sites for hydroxylation is 1. The van der Waals surface area contributed by atoms with Gasteiger partial charge in [-0.2, -0.15) is 13.2 Å². The average molecular weight is 530 g/mol. The molecule has 202 valence electrons. The minimum atomic E-state index is -4.46. The number of benzene rings is 1. The molecule has 2 amide bonds. The average Bonchev–Trinajstić information content (AvgIpc) is 3.13. The molecule has 0 N–H and O–H groups in total. The number of halogens is 3. The van der Waals surface area contributed by atoms with Crippen molar-refractivity contribution in [1.82, 2.24) is 14.5 Å². The lowest BCUT2D eigenvalue weighted by Crippen LogP contribution is -2.50. The Labute approximate surface area is 218 Å². The Balaban J connectivity index is 1.33. The smallest absolute Gasteiger partial charge is 0.417 e. The van der Waals surface area contributed by atoms with Gasteiger partial charge in [0.05, 0.1) is 24.2 Å². The number of amides is 2. The molecule has 0 spiro atoms. The molecule has 3 aromatic rings. The normalized spacial score (nSPS) is 16.7. The first-order chi connectivity index (χ1) is 17.8. The van der Waals surface area contributed by atoms with E-state index in [2.05, 4.69) is 9.55 Å². The van der Waals surface area contributed by atoms with Crippen molar-refractivity contribution in [2.75, 3.05) is 36.0 Å². The van der Waals surface area contributed by atoms with E-state index in [4.69, 9.17) is 4.74 Å². The van der Waals surface area contributed by atoms with Crippen LogP contribution in [-0.2, 0) is 35.7 Å². The van der Waals surface area contributed by atoms with Crippen LogP contribution in [0.4, 0.5) is 29.5 Å². The maximum Gasteiger partial charge on any atom is 0.417 e. The summed E-state index contributed by atoms with van der Waals surface area (Å²) in [6.07, 6.45) is -3.29. The molecule has 0 atom stereocenters. The van der Waals surface area contributed by atoms with Crippen LogP contribution in [0.1, 0.15) is 37.6 Å². The van der Waals surface area contributed by atoms with Crippen molar-refractivity contribution in [3.8, 4) is 0 Å². The van der Waals surface area contributed by atoms with E-state index < -0.39 is 17.3 Å². The number of aromatic nitrogens is 2. The number of alkyl halides is 3. The van der Waals surface area contributed by atoms with Gasteiger partial charge in [-0.3, -0.25) is 4.79 Å². The summed E-state index contributed by atoms with van der Waals surface area (Å²) in [6, 6.07) is 8.15. The van der Waals surface area contributed by atoms with Crippen molar-refractivity contribution in [1.29, 1.82) is 0 Å². The summed E-state index contributed by atoms with van der Waals surface area (Å²) < 4.78 is 46.2. The molecule has 2 aliphatic rings. The third-order valence-electron chi connectivity index (χ3n) is 6.97. The summed E-state index contributed by atoms with van der Waals surface area (Å²) in [4.78, 5) is 34.7. The topological polar surface area (TPSA) is 70.9 Å². The summed E-state index contributed by atoms with van der Waals surface area (Å²) in [5.41, 5.74) is 2.57. The Morgan fingerprint density at radius 3 is 2.42 bits per heavy atom. The van der Waals surface area contributed by atoms with Crippen molar-refractivity contribution in [2.45, 2.75) is 45.5 Å². The number of ether oxygens (including phenoxy) is 1. The summed E-state index contributed by atoms with van der Waals surface area (Å²) in [7, 11) is 1.99. The fourth-order valence-corrected chi connectivity index (χ4v) is 5.09. The Morgan fingerprint density at radius 1 is 1.03 bits per heavy atom. The van der Waals surface area contributed by atoms with E-state index in [0.29, 0.717) is 38.4 Å². The molecule has 0 bridgehead atoms. The highest BCUT2D eigenvalue weighted by Gasteiger charge is 2.33. The summed E-state index contributed by atoms with van der Waals surface area (Å²) in [5, 5.41) is 1.03. The maximum absolute atomic E-state index is 13.1. The number of fused-ring (bicyclic) bond motifs is 3.